The van der Waals surface area contributed by atoms with Crippen molar-refractivity contribution < 1.29 is 15.3 Å². The number of para-hydroxylation sites is 2. The molecule has 0 saturated carbocycles. The van der Waals surface area contributed by atoms with Crippen LogP contribution >= 0.6 is 9.53 Å². The van der Waals surface area contributed by atoms with E-state index in [9.17, 15) is 0 Å². The number of aromatic nitrogens is 2. The molecule has 3 aromatic carbocycles. The van der Waals surface area contributed by atoms with E-state index in [1.165, 1.54) is 43.1 Å². The van der Waals surface area contributed by atoms with Crippen LogP contribution in [0.5, 0.6) is 0 Å². The molecular weight excluding hydrogens is 602 g/mol. The minimum atomic E-state index is -1.69. The Morgan fingerprint density at radius 1 is 0.600 bits per heavy atom. The second-order valence-corrected chi connectivity index (χ2v) is 16.0. The molecule has 40 heavy (non-hydrogen) atoms. The summed E-state index contributed by atoms with van der Waals surface area (Å²) in [5.41, 5.74) is 9.27. The van der Waals surface area contributed by atoms with Gasteiger partial charge in [-0.2, -0.15) is 0 Å². The number of halogens is 1. The Hall–Kier alpha value is -2.44. The predicted molar refractivity (Wildman–Crippen MR) is 171 cm³/mol. The quantitative estimate of drug-likeness (QED) is 0.160. The van der Waals surface area contributed by atoms with Gasteiger partial charge in [-0.3, -0.25) is 0 Å². The van der Waals surface area contributed by atoms with Gasteiger partial charge in [-0.25, -0.2) is 0 Å². The second-order valence-electron chi connectivity index (χ2n) is 11.7. The van der Waals surface area contributed by atoms with Gasteiger partial charge in [0.1, 0.15) is 0 Å². The van der Waals surface area contributed by atoms with Gasteiger partial charge in [0.15, 0.2) is 0 Å². The van der Waals surface area contributed by atoms with E-state index in [2.05, 4.69) is 156 Å². The van der Waals surface area contributed by atoms with Crippen molar-refractivity contribution in [1.82, 2.24) is 9.13 Å². The number of benzene rings is 3. The Bertz CT molecular complexity index is 1400. The standard InChI is InChI=1S/C27H36N2.C9H9.ClH.Pd/c1-18(2)22-11-9-12-23(19(3)4)26(22)28-15-16-29(17-28)27-24(20(5)6)13-10-14-25(27)21(7)8;1-2-6-9-7-4-3-5-8-9;;/h9-16,18-21H,1-8H3;2-8H,1H2;1H;/q;;;-1/p-1. The van der Waals surface area contributed by atoms with Gasteiger partial charge >= 0.3 is 252 Å². The molecule has 0 aliphatic heterocycles. The zero-order chi connectivity index (χ0) is 29.0. The molecule has 2 nitrogen and oxygen atoms in total. The van der Waals surface area contributed by atoms with Gasteiger partial charge < -0.3 is 0 Å². The van der Waals surface area contributed by atoms with Crippen LogP contribution in [0.2, 0.25) is 4.89 Å². The Kier molecular flexibility index (Phi) is 10.3. The topological polar surface area (TPSA) is 9.86 Å². The fraction of sp³-hybridized carbons (Fsp3) is 0.361. The molecule has 0 aliphatic carbocycles. The molecule has 0 fully saturated rings. The first-order chi connectivity index (χ1) is 19.1. The Morgan fingerprint density at radius 2 is 1.00 bits per heavy atom. The van der Waals surface area contributed by atoms with Crippen molar-refractivity contribution in [2.24, 2.45) is 0 Å². The van der Waals surface area contributed by atoms with Crippen LogP contribution in [-0.4, -0.2) is 9.13 Å². The van der Waals surface area contributed by atoms with E-state index in [-0.39, 0.29) is 0 Å². The zero-order valence-corrected chi connectivity index (χ0v) is 27.6. The maximum atomic E-state index is 7.58. The van der Waals surface area contributed by atoms with Crippen molar-refractivity contribution in [2.75, 3.05) is 0 Å². The van der Waals surface area contributed by atoms with E-state index in [0.29, 0.717) is 23.7 Å². The van der Waals surface area contributed by atoms with E-state index in [1.54, 1.807) is 0 Å². The Morgan fingerprint density at radius 3 is 1.38 bits per heavy atom. The summed E-state index contributed by atoms with van der Waals surface area (Å²) in [6.45, 7) is 18.3. The van der Waals surface area contributed by atoms with E-state index in [0.717, 1.165) is 4.89 Å². The summed E-state index contributed by atoms with van der Waals surface area (Å²) in [5.74, 6) is 1.60. The van der Waals surface area contributed by atoms with Gasteiger partial charge in [-0.15, -0.1) is 0 Å². The summed E-state index contributed by atoms with van der Waals surface area (Å²) < 4.78 is 6.10. The molecule has 0 radical (unpaired) electrons. The van der Waals surface area contributed by atoms with Crippen LogP contribution in [0.15, 0.2) is 85.2 Å². The van der Waals surface area contributed by atoms with Crippen LogP contribution in [0.3, 0.4) is 0 Å². The third-order valence-corrected chi connectivity index (χ3v) is 11.0. The molecule has 0 atom stereocenters. The summed E-state index contributed by atoms with van der Waals surface area (Å²) in [6, 6.07) is 24.1. The van der Waals surface area contributed by atoms with Gasteiger partial charge in [0.25, 0.3) is 0 Å². The minimum absolute atomic E-state index is 0.400. The van der Waals surface area contributed by atoms with E-state index < -0.39 is 15.3 Å². The molecule has 4 aromatic rings. The van der Waals surface area contributed by atoms with Crippen molar-refractivity contribution in [3.63, 3.8) is 0 Å². The molecule has 0 spiro atoms. The molecule has 218 valence electrons. The third kappa shape index (κ3) is 6.55. The van der Waals surface area contributed by atoms with Gasteiger partial charge in [0.05, 0.1) is 0 Å². The monoisotopic (exact) mass is 646 g/mol. The van der Waals surface area contributed by atoms with Crippen LogP contribution in [0.1, 0.15) is 107 Å². The predicted octanol–water partition coefficient (Wildman–Crippen LogP) is 11.2. The fourth-order valence-corrected chi connectivity index (χ4v) is 8.48. The molecule has 0 N–H and O–H groups in total. The Labute approximate surface area is 251 Å². The van der Waals surface area contributed by atoms with Gasteiger partial charge in [0.2, 0.25) is 0 Å². The second kappa shape index (κ2) is 13.5. The summed E-state index contributed by atoms with van der Waals surface area (Å²) >= 11 is -1.69. The molecule has 4 heteroatoms. The number of nitrogens with zero attached hydrogens (tertiary/aromatic N) is 2. The van der Waals surface area contributed by atoms with Crippen LogP contribution in [0.4, 0.5) is 0 Å². The van der Waals surface area contributed by atoms with Crippen LogP contribution in [-0.2, 0) is 15.3 Å². The SMILES string of the molecule is CC(C)c1cccc(C(C)C)c1-n1ccn(-c2c(C(C)C)cccc2C(C)C)[c]1=[Pd-2]([Cl])[CH2]C=Cc1ccccc1. The van der Waals surface area contributed by atoms with Crippen molar-refractivity contribution in [1.29, 1.82) is 0 Å². The molecule has 0 saturated heterocycles. The van der Waals surface area contributed by atoms with Gasteiger partial charge in [0, 0.05) is 0 Å². The first-order valence-corrected chi connectivity index (χ1v) is 18.3. The van der Waals surface area contributed by atoms with Gasteiger partial charge in [-0.1, -0.05) is 0 Å². The van der Waals surface area contributed by atoms with Crippen molar-refractivity contribution in [3.05, 3.63) is 117 Å². The summed E-state index contributed by atoms with van der Waals surface area (Å²) in [6.07, 6.45) is 9.00. The fourth-order valence-electron chi connectivity index (χ4n) is 5.29. The molecule has 1 aromatic heterocycles. The van der Waals surface area contributed by atoms with Crippen LogP contribution < -0.4 is 0 Å². The molecule has 1 heterocycles. The van der Waals surface area contributed by atoms with Crippen LogP contribution in [0.25, 0.3) is 17.5 Å². The number of hydrogen-bond acceptors (Lipinski definition) is 0. The van der Waals surface area contributed by atoms with E-state index in [1.807, 2.05) is 0 Å². The van der Waals surface area contributed by atoms with Gasteiger partial charge in [-0.05, 0) is 0 Å². The van der Waals surface area contributed by atoms with E-state index >= 15 is 0 Å². The first kappa shape index (κ1) is 30.5. The average Bonchev–Trinajstić information content (AvgIpc) is 3.37. The first-order valence-electron chi connectivity index (χ1n) is 14.4. The molecule has 0 aliphatic rings. The molecule has 0 bridgehead atoms. The third-order valence-electron chi connectivity index (χ3n) is 7.35. The van der Waals surface area contributed by atoms with Crippen LogP contribution in [0, 0.1) is 3.89 Å². The summed E-state index contributed by atoms with van der Waals surface area (Å²) in [5, 5.41) is 0. The van der Waals surface area contributed by atoms with Crippen molar-refractivity contribution in [2.45, 2.75) is 84.0 Å². The number of imidazole rings is 1. The molecule has 0 amide bonds. The van der Waals surface area contributed by atoms with E-state index in [4.69, 9.17) is 9.53 Å². The maximum absolute atomic E-state index is 7.58. The number of allylic oxidation sites excluding steroid dienone is 1. The summed E-state index contributed by atoms with van der Waals surface area (Å²) in [7, 11) is 7.58. The number of rotatable bonds is 9. The zero-order valence-electron chi connectivity index (χ0n) is 25.3. The van der Waals surface area contributed by atoms with Crippen molar-refractivity contribution in [3.8, 4) is 11.4 Å². The van der Waals surface area contributed by atoms with Crippen molar-refractivity contribution >= 4 is 15.6 Å². The summed E-state index contributed by atoms with van der Waals surface area (Å²) in [4.78, 5) is 0.841. The molecule has 4 rings (SSSR count). The molecular formula is C36H45ClN2Pd-2. The average molecular weight is 648 g/mol. The normalized spacial score (nSPS) is 12.5. The number of hydrogen-bond donors (Lipinski definition) is 0. The Balaban J connectivity index is 2.07. The molecule has 0 unspecified atom stereocenters.